The molecule has 148 valence electrons. The Labute approximate surface area is 158 Å². The Morgan fingerprint density at radius 2 is 2.19 bits per heavy atom. The Hall–Kier alpha value is -1.96. The molecule has 0 aliphatic carbocycles. The van der Waals surface area contributed by atoms with Gasteiger partial charge >= 0.3 is 11.9 Å². The standard InChI is InChI=1S/C20H26O7/c1-5-11(2)17(22)26-15-9-19(4)6-7-20(24,27-19)13(10-21)8-14-16(15)12(3)18(23)25-14/h5,8,14-16,21,24H,3,6-7,9-10H2,1-2,4H3/b11-5-,13-8+/t14-,15+,16-,19+,20-/m0/s1. The Kier molecular flexibility index (Phi) is 5.05. The molecule has 3 aliphatic heterocycles. The normalized spacial score (nSPS) is 41.0. The fourth-order valence-corrected chi connectivity index (χ4v) is 4.01. The molecule has 2 fully saturated rings. The van der Waals surface area contributed by atoms with Crippen LogP contribution in [0.5, 0.6) is 0 Å². The van der Waals surface area contributed by atoms with Crippen LogP contribution >= 0.6 is 0 Å². The lowest BCUT2D eigenvalue weighted by atomic mass is 9.81. The van der Waals surface area contributed by atoms with Crippen molar-refractivity contribution in [2.75, 3.05) is 6.61 Å². The summed E-state index contributed by atoms with van der Waals surface area (Å²) in [7, 11) is 0. The Morgan fingerprint density at radius 3 is 2.81 bits per heavy atom. The third-order valence-corrected chi connectivity index (χ3v) is 5.75. The summed E-state index contributed by atoms with van der Waals surface area (Å²) in [4.78, 5) is 24.6. The molecular weight excluding hydrogens is 352 g/mol. The quantitative estimate of drug-likeness (QED) is 0.436. The predicted octanol–water partition coefficient (Wildman–Crippen LogP) is 1.54. The number of carbonyl (C=O) groups is 2. The highest BCUT2D eigenvalue weighted by Crippen LogP contribution is 2.47. The maximum atomic E-state index is 12.4. The smallest absolute Gasteiger partial charge is 0.334 e. The maximum Gasteiger partial charge on any atom is 0.334 e. The van der Waals surface area contributed by atoms with E-state index in [2.05, 4.69) is 6.58 Å². The molecule has 0 amide bonds. The molecule has 27 heavy (non-hydrogen) atoms. The van der Waals surface area contributed by atoms with Gasteiger partial charge in [0, 0.05) is 29.6 Å². The average Bonchev–Trinajstić information content (AvgIpc) is 3.08. The van der Waals surface area contributed by atoms with E-state index in [0.717, 1.165) is 0 Å². The highest BCUT2D eigenvalue weighted by molar-refractivity contribution is 5.92. The van der Waals surface area contributed by atoms with Gasteiger partial charge in [0.1, 0.15) is 12.2 Å². The molecule has 0 saturated carbocycles. The first-order valence-electron chi connectivity index (χ1n) is 9.11. The molecule has 0 spiro atoms. The number of ether oxygens (including phenoxy) is 3. The summed E-state index contributed by atoms with van der Waals surface area (Å²) in [6.45, 7) is 8.59. The number of fused-ring (bicyclic) bond motifs is 3. The van der Waals surface area contributed by atoms with Crippen molar-refractivity contribution >= 4 is 11.9 Å². The Morgan fingerprint density at radius 1 is 1.48 bits per heavy atom. The predicted molar refractivity (Wildman–Crippen MR) is 95.3 cm³/mol. The number of rotatable bonds is 3. The largest absolute Gasteiger partial charge is 0.458 e. The van der Waals surface area contributed by atoms with Gasteiger partial charge in [-0.2, -0.15) is 0 Å². The molecule has 2 N–H and O–H groups in total. The molecule has 0 unspecified atom stereocenters. The van der Waals surface area contributed by atoms with Crippen molar-refractivity contribution in [3.8, 4) is 0 Å². The first-order valence-corrected chi connectivity index (χ1v) is 9.11. The van der Waals surface area contributed by atoms with Crippen LogP contribution in [0.25, 0.3) is 0 Å². The summed E-state index contributed by atoms with van der Waals surface area (Å²) in [5.74, 6) is -3.32. The lowest BCUT2D eigenvalue weighted by molar-refractivity contribution is -0.205. The van der Waals surface area contributed by atoms with Crippen LogP contribution in [-0.2, 0) is 23.8 Å². The molecule has 3 heterocycles. The van der Waals surface area contributed by atoms with E-state index in [1.807, 2.05) is 6.92 Å². The van der Waals surface area contributed by atoms with Gasteiger partial charge in [-0.1, -0.05) is 12.7 Å². The number of esters is 2. The van der Waals surface area contributed by atoms with Gasteiger partial charge in [-0.25, -0.2) is 9.59 Å². The summed E-state index contributed by atoms with van der Waals surface area (Å²) >= 11 is 0. The number of aliphatic hydroxyl groups is 2. The van der Waals surface area contributed by atoms with Crippen molar-refractivity contribution in [3.63, 3.8) is 0 Å². The van der Waals surface area contributed by atoms with Crippen molar-refractivity contribution in [1.29, 1.82) is 0 Å². The summed E-state index contributed by atoms with van der Waals surface area (Å²) in [5.41, 5.74) is 0.0968. The van der Waals surface area contributed by atoms with E-state index in [1.54, 1.807) is 19.9 Å². The van der Waals surface area contributed by atoms with Crippen molar-refractivity contribution in [3.05, 3.63) is 35.5 Å². The van der Waals surface area contributed by atoms with Crippen LogP contribution in [0.4, 0.5) is 0 Å². The zero-order valence-electron chi connectivity index (χ0n) is 15.9. The van der Waals surface area contributed by atoms with Crippen molar-refractivity contribution in [2.45, 2.75) is 63.6 Å². The first kappa shape index (κ1) is 19.8. The number of carbonyl (C=O) groups excluding carboxylic acids is 2. The van der Waals surface area contributed by atoms with E-state index in [0.29, 0.717) is 12.0 Å². The lowest BCUT2D eigenvalue weighted by Gasteiger charge is -2.33. The molecule has 3 aliphatic rings. The van der Waals surface area contributed by atoms with Crippen LogP contribution < -0.4 is 0 Å². The van der Waals surface area contributed by atoms with E-state index in [1.165, 1.54) is 6.08 Å². The van der Waals surface area contributed by atoms with Gasteiger partial charge in [0.25, 0.3) is 0 Å². The summed E-state index contributed by atoms with van der Waals surface area (Å²) in [6.07, 6.45) is 2.69. The van der Waals surface area contributed by atoms with E-state index in [-0.39, 0.29) is 24.0 Å². The second-order valence-corrected chi connectivity index (χ2v) is 7.73. The maximum absolute atomic E-state index is 12.4. The van der Waals surface area contributed by atoms with E-state index < -0.39 is 48.1 Å². The minimum atomic E-state index is -1.64. The van der Waals surface area contributed by atoms with E-state index in [9.17, 15) is 19.8 Å². The molecular formula is C20H26O7. The fraction of sp³-hybridized carbons (Fsp3) is 0.600. The molecule has 0 aromatic rings. The topological polar surface area (TPSA) is 102 Å². The third kappa shape index (κ3) is 3.47. The highest BCUT2D eigenvalue weighted by atomic mass is 16.6. The molecule has 2 bridgehead atoms. The second-order valence-electron chi connectivity index (χ2n) is 7.73. The highest BCUT2D eigenvalue weighted by Gasteiger charge is 2.54. The first-order chi connectivity index (χ1) is 12.6. The third-order valence-electron chi connectivity index (χ3n) is 5.75. The van der Waals surface area contributed by atoms with Crippen LogP contribution in [0.1, 0.15) is 40.0 Å². The monoisotopic (exact) mass is 378 g/mol. The van der Waals surface area contributed by atoms with Crippen LogP contribution in [0, 0.1) is 5.92 Å². The molecule has 5 atom stereocenters. The molecule has 0 aromatic carbocycles. The van der Waals surface area contributed by atoms with Crippen LogP contribution in [0.3, 0.4) is 0 Å². The minimum Gasteiger partial charge on any atom is -0.458 e. The SMILES string of the molecule is C=C1C(=O)O[C@H]2/C=C(\CO)[C@]3(O)CC[C@](C)(C[C@@H](OC(=O)/C(C)=C\C)[C@@H]12)O3. The van der Waals surface area contributed by atoms with Gasteiger partial charge in [0.2, 0.25) is 0 Å². The lowest BCUT2D eigenvalue weighted by Crippen LogP contribution is -2.40. The number of hydrogen-bond acceptors (Lipinski definition) is 7. The van der Waals surface area contributed by atoms with Crippen LogP contribution in [0.15, 0.2) is 35.5 Å². The molecule has 3 rings (SSSR count). The van der Waals surface area contributed by atoms with Crippen LogP contribution in [0.2, 0.25) is 0 Å². The number of allylic oxidation sites excluding steroid dienone is 1. The van der Waals surface area contributed by atoms with Crippen molar-refractivity contribution in [1.82, 2.24) is 0 Å². The van der Waals surface area contributed by atoms with Crippen molar-refractivity contribution in [2.24, 2.45) is 5.92 Å². The van der Waals surface area contributed by atoms with Gasteiger partial charge in [0.05, 0.1) is 18.1 Å². The van der Waals surface area contributed by atoms with Crippen molar-refractivity contribution < 1.29 is 34.0 Å². The molecule has 0 radical (unpaired) electrons. The average molecular weight is 378 g/mol. The zero-order valence-corrected chi connectivity index (χ0v) is 15.9. The van der Waals surface area contributed by atoms with Gasteiger partial charge in [-0.15, -0.1) is 0 Å². The van der Waals surface area contributed by atoms with Gasteiger partial charge < -0.3 is 24.4 Å². The van der Waals surface area contributed by atoms with Gasteiger partial charge in [-0.05, 0) is 33.3 Å². The van der Waals surface area contributed by atoms with Gasteiger partial charge in [-0.3, -0.25) is 0 Å². The molecule has 7 heteroatoms. The number of hydrogen-bond donors (Lipinski definition) is 2. The summed E-state index contributed by atoms with van der Waals surface area (Å²) in [6, 6.07) is 0. The summed E-state index contributed by atoms with van der Waals surface area (Å²) in [5, 5.41) is 20.7. The second kappa shape index (κ2) is 6.89. The fourth-order valence-electron chi connectivity index (χ4n) is 4.01. The summed E-state index contributed by atoms with van der Waals surface area (Å²) < 4.78 is 17.1. The van der Waals surface area contributed by atoms with E-state index >= 15 is 0 Å². The van der Waals surface area contributed by atoms with Crippen LogP contribution in [-0.4, -0.2) is 52.4 Å². The molecule has 2 saturated heterocycles. The minimum absolute atomic E-state index is 0.206. The number of aliphatic hydroxyl groups excluding tert-OH is 1. The Balaban J connectivity index is 2.05. The molecule has 0 aromatic heterocycles. The Bertz CT molecular complexity index is 737. The zero-order chi connectivity index (χ0) is 20.0. The molecule has 7 nitrogen and oxygen atoms in total. The van der Waals surface area contributed by atoms with E-state index in [4.69, 9.17) is 14.2 Å². The van der Waals surface area contributed by atoms with Gasteiger partial charge in [0.15, 0.2) is 5.79 Å².